The number of benzene rings is 1. The standard InChI is InChI=1S/C26H31N5O2/c1-17-14-19(3)27-24(15-17)31-12-10-30(11-13-31)22-9-7-21(16-18(22)2)28-26(33)25(32)23-8-6-20(4)29(23)5/h6-9,14-16H,10-13H2,1-5H3,(H,28,33). The van der Waals surface area contributed by atoms with Crippen LogP contribution in [-0.4, -0.2) is 47.4 Å². The van der Waals surface area contributed by atoms with E-state index in [0.29, 0.717) is 11.4 Å². The minimum absolute atomic E-state index is 0.384. The molecule has 0 bridgehead atoms. The highest BCUT2D eigenvalue weighted by molar-refractivity contribution is 6.46. The van der Waals surface area contributed by atoms with Crippen molar-refractivity contribution in [3.8, 4) is 0 Å². The SMILES string of the molecule is Cc1cc(C)nc(N2CCN(c3ccc(NC(=O)C(=O)c4ccc(C)n4C)cc3C)CC2)c1. The van der Waals surface area contributed by atoms with Crippen molar-refractivity contribution in [2.45, 2.75) is 27.7 Å². The molecule has 0 atom stereocenters. The van der Waals surface area contributed by atoms with E-state index in [4.69, 9.17) is 4.98 Å². The van der Waals surface area contributed by atoms with Gasteiger partial charge in [0.1, 0.15) is 5.82 Å². The van der Waals surface area contributed by atoms with Crippen molar-refractivity contribution in [2.24, 2.45) is 7.05 Å². The van der Waals surface area contributed by atoms with Crippen LogP contribution in [0.5, 0.6) is 0 Å². The third kappa shape index (κ3) is 4.77. The molecule has 0 unspecified atom stereocenters. The fraction of sp³-hybridized carbons (Fsp3) is 0.346. The first kappa shape index (κ1) is 22.6. The summed E-state index contributed by atoms with van der Waals surface area (Å²) in [6.07, 6.45) is 0. The van der Waals surface area contributed by atoms with E-state index >= 15 is 0 Å². The largest absolute Gasteiger partial charge is 0.368 e. The van der Waals surface area contributed by atoms with Gasteiger partial charge in [-0.25, -0.2) is 4.98 Å². The van der Waals surface area contributed by atoms with E-state index in [1.54, 1.807) is 17.7 Å². The first-order valence-electron chi connectivity index (χ1n) is 11.3. The monoisotopic (exact) mass is 445 g/mol. The predicted octanol–water partition coefficient (Wildman–Crippen LogP) is 3.80. The number of piperazine rings is 1. The number of carbonyl (C=O) groups excluding carboxylic acids is 2. The average molecular weight is 446 g/mol. The van der Waals surface area contributed by atoms with Crippen molar-refractivity contribution in [2.75, 3.05) is 41.3 Å². The van der Waals surface area contributed by atoms with Gasteiger partial charge in [0.15, 0.2) is 0 Å². The van der Waals surface area contributed by atoms with E-state index < -0.39 is 11.7 Å². The van der Waals surface area contributed by atoms with Crippen LogP contribution in [0.3, 0.4) is 0 Å². The summed E-state index contributed by atoms with van der Waals surface area (Å²) >= 11 is 0. The maximum atomic E-state index is 12.5. The smallest absolute Gasteiger partial charge is 0.298 e. The topological polar surface area (TPSA) is 70.5 Å². The number of hydrogen-bond acceptors (Lipinski definition) is 5. The second-order valence-electron chi connectivity index (χ2n) is 8.82. The highest BCUT2D eigenvalue weighted by atomic mass is 16.2. The zero-order valence-corrected chi connectivity index (χ0v) is 20.0. The quantitative estimate of drug-likeness (QED) is 0.478. The Hall–Kier alpha value is -3.61. The molecule has 0 spiro atoms. The number of aromatic nitrogens is 2. The summed E-state index contributed by atoms with van der Waals surface area (Å²) in [6.45, 7) is 11.7. The van der Waals surface area contributed by atoms with Gasteiger partial charge < -0.3 is 19.7 Å². The molecule has 1 aliphatic rings. The summed E-state index contributed by atoms with van der Waals surface area (Å²) in [5.74, 6) is -0.124. The number of aryl methyl sites for hydroxylation is 4. The Bertz CT molecular complexity index is 1190. The van der Waals surface area contributed by atoms with Gasteiger partial charge in [0.25, 0.3) is 11.7 Å². The Morgan fingerprint density at radius 1 is 0.879 bits per heavy atom. The second-order valence-corrected chi connectivity index (χ2v) is 8.82. The summed E-state index contributed by atoms with van der Waals surface area (Å²) in [5.41, 5.74) is 6.42. The van der Waals surface area contributed by atoms with E-state index in [1.165, 1.54) is 5.56 Å². The first-order chi connectivity index (χ1) is 15.7. The Morgan fingerprint density at radius 3 is 2.18 bits per heavy atom. The third-order valence-electron chi connectivity index (χ3n) is 6.29. The van der Waals surface area contributed by atoms with E-state index in [0.717, 1.165) is 54.6 Å². The van der Waals surface area contributed by atoms with Crippen molar-refractivity contribution in [1.29, 1.82) is 0 Å². The summed E-state index contributed by atoms with van der Waals surface area (Å²) in [4.78, 5) is 34.4. The van der Waals surface area contributed by atoms with Crippen LogP contribution in [0.4, 0.5) is 17.2 Å². The number of hydrogen-bond donors (Lipinski definition) is 1. The molecule has 0 saturated carbocycles. The van der Waals surface area contributed by atoms with E-state index in [9.17, 15) is 9.59 Å². The number of amides is 1. The number of Topliss-reactive ketones (excluding diaryl/α,β-unsaturated/α-hetero) is 1. The number of pyridine rings is 1. The fourth-order valence-corrected chi connectivity index (χ4v) is 4.39. The zero-order valence-electron chi connectivity index (χ0n) is 20.0. The molecule has 0 radical (unpaired) electrons. The number of carbonyl (C=O) groups is 2. The number of rotatable bonds is 5. The molecule has 1 aromatic carbocycles. The van der Waals surface area contributed by atoms with E-state index in [1.807, 2.05) is 45.0 Å². The van der Waals surface area contributed by atoms with Crippen LogP contribution < -0.4 is 15.1 Å². The molecule has 33 heavy (non-hydrogen) atoms. The predicted molar refractivity (Wildman–Crippen MR) is 132 cm³/mol. The molecule has 3 aromatic rings. The summed E-state index contributed by atoms with van der Waals surface area (Å²) < 4.78 is 1.73. The van der Waals surface area contributed by atoms with Gasteiger partial charge in [-0.05, 0) is 81.3 Å². The Morgan fingerprint density at radius 2 is 1.58 bits per heavy atom. The van der Waals surface area contributed by atoms with Crippen molar-refractivity contribution in [3.05, 3.63) is 70.7 Å². The van der Waals surface area contributed by atoms with Gasteiger partial charge in [-0.2, -0.15) is 0 Å². The van der Waals surface area contributed by atoms with Crippen molar-refractivity contribution in [1.82, 2.24) is 9.55 Å². The molecule has 1 saturated heterocycles. The average Bonchev–Trinajstić information content (AvgIpc) is 3.11. The molecule has 7 nitrogen and oxygen atoms in total. The number of nitrogens with one attached hydrogen (secondary N) is 1. The fourth-order valence-electron chi connectivity index (χ4n) is 4.39. The van der Waals surface area contributed by atoms with Gasteiger partial charge in [-0.1, -0.05) is 0 Å². The lowest BCUT2D eigenvalue weighted by Gasteiger charge is -2.37. The molecular weight excluding hydrogens is 414 g/mol. The van der Waals surface area contributed by atoms with Crippen LogP contribution in [-0.2, 0) is 11.8 Å². The Balaban J connectivity index is 1.40. The lowest BCUT2D eigenvalue weighted by Crippen LogP contribution is -2.47. The highest BCUT2D eigenvalue weighted by Crippen LogP contribution is 2.26. The van der Waals surface area contributed by atoms with Crippen molar-refractivity contribution >= 4 is 28.9 Å². The number of nitrogens with zero attached hydrogens (tertiary/aromatic N) is 4. The molecule has 0 aliphatic carbocycles. The molecule has 2 aromatic heterocycles. The van der Waals surface area contributed by atoms with Crippen LogP contribution in [0.1, 0.15) is 33.0 Å². The zero-order chi connectivity index (χ0) is 23.7. The van der Waals surface area contributed by atoms with Crippen LogP contribution in [0, 0.1) is 27.7 Å². The highest BCUT2D eigenvalue weighted by Gasteiger charge is 2.22. The van der Waals surface area contributed by atoms with Crippen LogP contribution in [0.25, 0.3) is 0 Å². The molecule has 1 N–H and O–H groups in total. The maximum Gasteiger partial charge on any atom is 0.298 e. The molecule has 4 rings (SSSR count). The van der Waals surface area contributed by atoms with Gasteiger partial charge in [-0.3, -0.25) is 9.59 Å². The molecule has 172 valence electrons. The third-order valence-corrected chi connectivity index (χ3v) is 6.29. The molecular formula is C26H31N5O2. The van der Waals surface area contributed by atoms with Gasteiger partial charge in [0.2, 0.25) is 0 Å². The lowest BCUT2D eigenvalue weighted by atomic mass is 10.1. The molecule has 1 amide bonds. The Labute approximate surface area is 195 Å². The van der Waals surface area contributed by atoms with E-state index in [-0.39, 0.29) is 0 Å². The Kier molecular flexibility index (Phi) is 6.22. The van der Waals surface area contributed by atoms with Crippen LogP contribution in [0.15, 0.2) is 42.5 Å². The van der Waals surface area contributed by atoms with Crippen molar-refractivity contribution < 1.29 is 9.59 Å². The van der Waals surface area contributed by atoms with Crippen molar-refractivity contribution in [3.63, 3.8) is 0 Å². The minimum atomic E-state index is -0.627. The number of ketones is 1. The summed E-state index contributed by atoms with van der Waals surface area (Å²) in [7, 11) is 1.78. The molecule has 7 heteroatoms. The summed E-state index contributed by atoms with van der Waals surface area (Å²) in [5, 5.41) is 2.75. The maximum absolute atomic E-state index is 12.5. The molecule has 3 heterocycles. The minimum Gasteiger partial charge on any atom is -0.368 e. The van der Waals surface area contributed by atoms with Gasteiger partial charge >= 0.3 is 0 Å². The van der Waals surface area contributed by atoms with Gasteiger partial charge in [0, 0.05) is 56.0 Å². The summed E-state index contributed by atoms with van der Waals surface area (Å²) in [6, 6.07) is 13.6. The second kappa shape index (κ2) is 9.10. The lowest BCUT2D eigenvalue weighted by molar-refractivity contribution is -0.112. The number of anilines is 3. The first-order valence-corrected chi connectivity index (χ1v) is 11.3. The van der Waals surface area contributed by atoms with Gasteiger partial charge in [0.05, 0.1) is 5.69 Å². The van der Waals surface area contributed by atoms with E-state index in [2.05, 4.69) is 34.2 Å². The normalized spacial score (nSPS) is 13.8. The van der Waals surface area contributed by atoms with Crippen LogP contribution >= 0.6 is 0 Å². The van der Waals surface area contributed by atoms with Gasteiger partial charge in [-0.15, -0.1) is 0 Å². The molecule has 1 aliphatic heterocycles. The molecule has 1 fully saturated rings. The van der Waals surface area contributed by atoms with Crippen LogP contribution in [0.2, 0.25) is 0 Å².